The Labute approximate surface area is 199 Å². The van der Waals surface area contributed by atoms with Crippen molar-refractivity contribution < 1.29 is 8.97 Å². The maximum absolute atomic E-state index is 15.4. The van der Waals surface area contributed by atoms with Crippen molar-refractivity contribution >= 4 is 33.2 Å². The number of nitrogens with zero attached hydrogens (tertiary/aromatic N) is 7. The number of hydrogen-bond donors (Lipinski definition) is 1. The first-order valence-electron chi connectivity index (χ1n) is 11.6. The Morgan fingerprint density at radius 3 is 2.97 bits per heavy atom. The molecule has 0 amide bonds. The van der Waals surface area contributed by atoms with Gasteiger partial charge in [0.2, 0.25) is 5.95 Å². The van der Waals surface area contributed by atoms with E-state index in [0.717, 1.165) is 28.7 Å². The number of H-pyrrole nitrogens is 1. The molecule has 3 aliphatic heterocycles. The van der Waals surface area contributed by atoms with Crippen LogP contribution in [-0.2, 0) is 0 Å². The molecule has 3 aromatic heterocycles. The van der Waals surface area contributed by atoms with Crippen molar-refractivity contribution in [1.82, 2.24) is 30.4 Å². The SMILES string of the molecule is CN(c1ncc(-c2c(F)cc(-c3cn[nH]c3)c3ncsc23)nn1)[C@@]1(C)C[C@H]2CCC3=[N+]2CC1C3. The van der Waals surface area contributed by atoms with Crippen LogP contribution in [0.3, 0.4) is 0 Å². The summed E-state index contributed by atoms with van der Waals surface area (Å²) in [5.41, 5.74) is 6.35. The number of anilines is 1. The molecule has 4 aromatic rings. The van der Waals surface area contributed by atoms with Gasteiger partial charge in [-0.3, -0.25) is 5.10 Å². The predicted octanol–water partition coefficient (Wildman–Crippen LogP) is 3.91. The van der Waals surface area contributed by atoms with E-state index >= 15 is 4.39 Å². The predicted molar refractivity (Wildman–Crippen MR) is 129 cm³/mol. The van der Waals surface area contributed by atoms with Gasteiger partial charge in [-0.1, -0.05) is 0 Å². The topological polar surface area (TPSA) is 86.5 Å². The van der Waals surface area contributed by atoms with Crippen LogP contribution in [-0.4, -0.2) is 65.8 Å². The van der Waals surface area contributed by atoms with Crippen LogP contribution < -0.4 is 4.90 Å². The third kappa shape index (κ3) is 2.74. The van der Waals surface area contributed by atoms with Gasteiger partial charge in [0.05, 0.1) is 45.1 Å². The van der Waals surface area contributed by atoms with Crippen LogP contribution >= 0.6 is 11.3 Å². The van der Waals surface area contributed by atoms with Crippen LogP contribution in [0.4, 0.5) is 10.3 Å². The number of aromatic amines is 1. The van der Waals surface area contributed by atoms with Crippen molar-refractivity contribution in [3.05, 3.63) is 36.0 Å². The van der Waals surface area contributed by atoms with Gasteiger partial charge >= 0.3 is 0 Å². The molecule has 0 saturated carbocycles. The van der Waals surface area contributed by atoms with E-state index in [1.165, 1.54) is 36.7 Å². The zero-order valence-electron chi connectivity index (χ0n) is 19.0. The number of nitrogens with one attached hydrogen (secondary N) is 1. The molecule has 10 heteroatoms. The minimum Gasteiger partial charge on any atom is -0.336 e. The molecule has 1 N–H and O–H groups in total. The lowest BCUT2D eigenvalue weighted by atomic mass is 9.73. The summed E-state index contributed by atoms with van der Waals surface area (Å²) < 4.78 is 18.7. The number of fused-ring (bicyclic) bond motifs is 2. The van der Waals surface area contributed by atoms with Crippen LogP contribution in [0.5, 0.6) is 0 Å². The van der Waals surface area contributed by atoms with E-state index in [0.29, 0.717) is 34.7 Å². The van der Waals surface area contributed by atoms with E-state index in [1.807, 2.05) is 0 Å². The van der Waals surface area contributed by atoms with Crippen molar-refractivity contribution in [2.75, 3.05) is 18.5 Å². The Bertz CT molecular complexity index is 1440. The number of hydrogen-bond acceptors (Lipinski definition) is 7. The van der Waals surface area contributed by atoms with E-state index in [1.54, 1.807) is 29.8 Å². The Morgan fingerprint density at radius 2 is 2.18 bits per heavy atom. The molecule has 6 heterocycles. The minimum absolute atomic E-state index is 0.0189. The zero-order valence-corrected chi connectivity index (χ0v) is 19.8. The van der Waals surface area contributed by atoms with Crippen molar-refractivity contribution in [2.45, 2.75) is 44.2 Å². The van der Waals surface area contributed by atoms with Gasteiger partial charge in [-0.15, -0.1) is 21.5 Å². The van der Waals surface area contributed by atoms with Crippen LogP contribution in [0.1, 0.15) is 32.6 Å². The Morgan fingerprint density at radius 1 is 1.26 bits per heavy atom. The molecular formula is C24H24FN8S+. The summed E-state index contributed by atoms with van der Waals surface area (Å²) in [5, 5.41) is 15.7. The number of rotatable bonds is 4. The fraction of sp³-hybridized carbons (Fsp3) is 0.417. The lowest BCUT2D eigenvalue weighted by Crippen LogP contribution is -2.57. The number of halogens is 1. The molecule has 1 unspecified atom stereocenters. The van der Waals surface area contributed by atoms with E-state index in [-0.39, 0.29) is 11.4 Å². The first kappa shape index (κ1) is 20.1. The van der Waals surface area contributed by atoms with Gasteiger partial charge in [0, 0.05) is 50.1 Å². The summed E-state index contributed by atoms with van der Waals surface area (Å²) in [7, 11) is 2.07. The second kappa shape index (κ2) is 7.11. The number of piperidine rings is 1. The number of benzene rings is 1. The molecule has 7 rings (SSSR count). The second-order valence-corrected chi connectivity index (χ2v) is 10.7. The van der Waals surface area contributed by atoms with Gasteiger partial charge in [0.1, 0.15) is 18.1 Å². The van der Waals surface area contributed by atoms with Gasteiger partial charge in [0.25, 0.3) is 0 Å². The maximum Gasteiger partial charge on any atom is 0.245 e. The van der Waals surface area contributed by atoms with Gasteiger partial charge < -0.3 is 4.90 Å². The van der Waals surface area contributed by atoms with Crippen molar-refractivity contribution in [1.29, 1.82) is 0 Å². The quantitative estimate of drug-likeness (QED) is 0.451. The van der Waals surface area contributed by atoms with Crippen molar-refractivity contribution in [3.8, 4) is 22.4 Å². The van der Waals surface area contributed by atoms with Gasteiger partial charge in [0.15, 0.2) is 11.8 Å². The first-order chi connectivity index (χ1) is 16.5. The van der Waals surface area contributed by atoms with E-state index in [9.17, 15) is 0 Å². The normalized spacial score (nSPS) is 25.5. The average molecular weight is 476 g/mol. The molecular weight excluding hydrogens is 451 g/mol. The van der Waals surface area contributed by atoms with Gasteiger partial charge in [-0.25, -0.2) is 18.9 Å². The summed E-state index contributed by atoms with van der Waals surface area (Å²) in [6.45, 7) is 3.46. The Hall–Kier alpha value is -3.27. The Balaban J connectivity index is 1.23. The van der Waals surface area contributed by atoms with Crippen LogP contribution in [0, 0.1) is 11.7 Å². The number of aromatic nitrogens is 6. The van der Waals surface area contributed by atoms with E-state index < -0.39 is 0 Å². The van der Waals surface area contributed by atoms with E-state index in [4.69, 9.17) is 0 Å². The second-order valence-electron chi connectivity index (χ2n) is 9.87. The van der Waals surface area contributed by atoms with Gasteiger partial charge in [-0.2, -0.15) is 5.10 Å². The Kier molecular flexibility index (Phi) is 4.21. The lowest BCUT2D eigenvalue weighted by molar-refractivity contribution is -0.570. The largest absolute Gasteiger partial charge is 0.336 e. The highest BCUT2D eigenvalue weighted by atomic mass is 32.1. The molecule has 0 radical (unpaired) electrons. The summed E-state index contributed by atoms with van der Waals surface area (Å²) in [5.74, 6) is 0.781. The summed E-state index contributed by atoms with van der Waals surface area (Å²) in [6.07, 6.45) is 9.82. The zero-order chi connectivity index (χ0) is 23.0. The highest BCUT2D eigenvalue weighted by Crippen LogP contribution is 2.45. The third-order valence-corrected chi connectivity index (χ3v) is 9.13. The first-order valence-corrected chi connectivity index (χ1v) is 12.5. The van der Waals surface area contributed by atoms with Crippen LogP contribution in [0.15, 0.2) is 30.2 Å². The van der Waals surface area contributed by atoms with Crippen LogP contribution in [0.25, 0.3) is 32.6 Å². The highest BCUT2D eigenvalue weighted by molar-refractivity contribution is 7.17. The van der Waals surface area contributed by atoms with Crippen molar-refractivity contribution in [2.24, 2.45) is 5.92 Å². The van der Waals surface area contributed by atoms with Crippen molar-refractivity contribution in [3.63, 3.8) is 0 Å². The van der Waals surface area contributed by atoms with Crippen LogP contribution in [0.2, 0.25) is 0 Å². The minimum atomic E-state index is -0.372. The molecule has 8 nitrogen and oxygen atoms in total. The number of thiazole rings is 1. The highest BCUT2D eigenvalue weighted by Gasteiger charge is 2.57. The standard InChI is InChI=1S/C24H24FN8S/c1-24(7-16-4-3-15-5-14(24)11-33(15)16)32(2)23-26-10-19(30-31-23)20-18(25)6-17(13-8-28-29-9-13)21-22(20)34-12-27-21/h6,8-10,12,14,16H,3-5,7,11H2,1-2H3,(H,28,29)/q+1/t14?,16-,24+/m1/s1. The fourth-order valence-electron chi connectivity index (χ4n) is 6.27. The molecule has 1 saturated heterocycles. The summed E-state index contributed by atoms with van der Waals surface area (Å²) >= 11 is 1.39. The molecule has 172 valence electrons. The molecule has 2 bridgehead atoms. The molecule has 1 fully saturated rings. The monoisotopic (exact) mass is 475 g/mol. The summed E-state index contributed by atoms with van der Waals surface area (Å²) in [4.78, 5) is 11.3. The maximum atomic E-state index is 15.4. The molecule has 3 atom stereocenters. The molecule has 1 aromatic carbocycles. The molecule has 0 spiro atoms. The average Bonchev–Trinajstić information content (AvgIpc) is 3.63. The fourth-order valence-corrected chi connectivity index (χ4v) is 7.13. The lowest BCUT2D eigenvalue weighted by Gasteiger charge is -2.45. The van der Waals surface area contributed by atoms with E-state index in [2.05, 4.69) is 53.8 Å². The van der Waals surface area contributed by atoms with Gasteiger partial charge in [-0.05, 0) is 13.0 Å². The summed E-state index contributed by atoms with van der Waals surface area (Å²) in [6, 6.07) is 2.11. The molecule has 0 aliphatic carbocycles. The smallest absolute Gasteiger partial charge is 0.245 e. The third-order valence-electron chi connectivity index (χ3n) is 8.28. The molecule has 3 aliphatic rings. The molecule has 34 heavy (non-hydrogen) atoms.